The molecule has 0 saturated carbocycles. The zero-order valence-corrected chi connectivity index (χ0v) is 12.6. The highest BCUT2D eigenvalue weighted by Crippen LogP contribution is 2.25. The Morgan fingerprint density at radius 2 is 1.95 bits per heavy atom. The number of hydrogen-bond donors (Lipinski definition) is 1. The van der Waals surface area contributed by atoms with Crippen LogP contribution in [0.4, 0.5) is 14.5 Å². The summed E-state index contributed by atoms with van der Waals surface area (Å²) < 4.78 is 28.0. The number of hydrogen-bond acceptors (Lipinski definition) is 1. The fourth-order valence-electron chi connectivity index (χ4n) is 1.59. The van der Waals surface area contributed by atoms with Gasteiger partial charge in [0.05, 0.1) is 5.02 Å². The topological polar surface area (TPSA) is 29.1 Å². The van der Waals surface area contributed by atoms with Gasteiger partial charge in [-0.3, -0.25) is 4.79 Å². The lowest BCUT2D eigenvalue weighted by molar-refractivity contribution is 0.102. The van der Waals surface area contributed by atoms with Crippen LogP contribution in [0.25, 0.3) is 0 Å². The number of halogens is 4. The molecule has 104 valence electrons. The van der Waals surface area contributed by atoms with Crippen LogP contribution in [0, 0.1) is 18.6 Å². The van der Waals surface area contributed by atoms with Gasteiger partial charge in [0.25, 0.3) is 5.91 Å². The van der Waals surface area contributed by atoms with Crippen LogP contribution >= 0.6 is 27.5 Å². The molecule has 2 aromatic rings. The summed E-state index contributed by atoms with van der Waals surface area (Å²) in [5.41, 5.74) is -0.0110. The van der Waals surface area contributed by atoms with Crippen molar-refractivity contribution in [2.45, 2.75) is 6.92 Å². The van der Waals surface area contributed by atoms with E-state index in [9.17, 15) is 13.6 Å². The Morgan fingerprint density at radius 1 is 1.25 bits per heavy atom. The molecule has 0 spiro atoms. The third-order valence-corrected chi connectivity index (χ3v) is 3.94. The Morgan fingerprint density at radius 3 is 2.60 bits per heavy atom. The summed E-state index contributed by atoms with van der Waals surface area (Å²) in [4.78, 5) is 12.0. The van der Waals surface area contributed by atoms with Crippen LogP contribution < -0.4 is 5.32 Å². The lowest BCUT2D eigenvalue weighted by atomic mass is 10.1. The summed E-state index contributed by atoms with van der Waals surface area (Å²) in [6.07, 6.45) is 0. The van der Waals surface area contributed by atoms with E-state index in [1.54, 1.807) is 6.07 Å². The maximum atomic E-state index is 13.8. The van der Waals surface area contributed by atoms with Crippen LogP contribution in [0.5, 0.6) is 0 Å². The van der Waals surface area contributed by atoms with Crippen molar-refractivity contribution in [3.63, 3.8) is 0 Å². The van der Waals surface area contributed by atoms with Gasteiger partial charge < -0.3 is 5.32 Å². The first-order valence-electron chi connectivity index (χ1n) is 5.61. The van der Waals surface area contributed by atoms with E-state index in [1.807, 2.05) is 0 Å². The van der Waals surface area contributed by atoms with Gasteiger partial charge in [-0.2, -0.15) is 0 Å². The normalized spacial score (nSPS) is 10.4. The summed E-state index contributed by atoms with van der Waals surface area (Å²) in [6.45, 7) is 1.49. The minimum atomic E-state index is -0.829. The lowest BCUT2D eigenvalue weighted by Crippen LogP contribution is -2.14. The molecular formula is C14H9BrClF2NO. The maximum absolute atomic E-state index is 13.8. The number of benzene rings is 2. The predicted molar refractivity (Wildman–Crippen MR) is 78.2 cm³/mol. The van der Waals surface area contributed by atoms with Gasteiger partial charge in [-0.05, 0) is 52.7 Å². The minimum Gasteiger partial charge on any atom is -0.317 e. The van der Waals surface area contributed by atoms with Crippen molar-refractivity contribution in [3.05, 3.63) is 62.6 Å². The fraction of sp³-hybridized carbons (Fsp3) is 0.0714. The Labute approximate surface area is 127 Å². The van der Waals surface area contributed by atoms with Crippen molar-refractivity contribution in [1.82, 2.24) is 0 Å². The number of carbonyl (C=O) groups is 1. The number of anilines is 1. The van der Waals surface area contributed by atoms with E-state index < -0.39 is 23.2 Å². The van der Waals surface area contributed by atoms with Crippen molar-refractivity contribution < 1.29 is 13.6 Å². The number of nitrogens with one attached hydrogen (secondary N) is 1. The molecule has 0 bridgehead atoms. The van der Waals surface area contributed by atoms with Crippen LogP contribution in [0.15, 0.2) is 34.8 Å². The van der Waals surface area contributed by atoms with Gasteiger partial charge in [0, 0.05) is 10.0 Å². The van der Waals surface area contributed by atoms with Crippen LogP contribution in [0.3, 0.4) is 0 Å². The molecule has 20 heavy (non-hydrogen) atoms. The zero-order valence-electron chi connectivity index (χ0n) is 10.3. The van der Waals surface area contributed by atoms with Gasteiger partial charge in [-0.1, -0.05) is 17.7 Å². The van der Waals surface area contributed by atoms with Crippen molar-refractivity contribution in [2.75, 3.05) is 5.32 Å². The summed E-state index contributed by atoms with van der Waals surface area (Å²) in [5, 5.41) is 2.56. The molecule has 1 N–H and O–H groups in total. The summed E-state index contributed by atoms with van der Waals surface area (Å²) in [7, 11) is 0. The molecule has 2 rings (SSSR count). The third kappa shape index (κ3) is 2.99. The largest absolute Gasteiger partial charge is 0.317 e. The van der Waals surface area contributed by atoms with E-state index in [1.165, 1.54) is 25.1 Å². The average molecular weight is 361 g/mol. The van der Waals surface area contributed by atoms with Crippen LogP contribution in [-0.4, -0.2) is 5.91 Å². The van der Waals surface area contributed by atoms with Crippen molar-refractivity contribution >= 4 is 39.1 Å². The van der Waals surface area contributed by atoms with Gasteiger partial charge in [0.15, 0.2) is 5.82 Å². The first-order valence-corrected chi connectivity index (χ1v) is 6.78. The second-order valence-corrected chi connectivity index (χ2v) is 5.40. The monoisotopic (exact) mass is 359 g/mol. The Bertz CT molecular complexity index is 691. The first-order chi connectivity index (χ1) is 9.40. The number of aryl methyl sites for hydroxylation is 1. The molecular weight excluding hydrogens is 352 g/mol. The molecule has 1 amide bonds. The zero-order chi connectivity index (χ0) is 14.9. The molecule has 0 atom stereocenters. The van der Waals surface area contributed by atoms with Gasteiger partial charge in [0.2, 0.25) is 0 Å². The van der Waals surface area contributed by atoms with E-state index in [2.05, 4.69) is 21.2 Å². The van der Waals surface area contributed by atoms with Crippen LogP contribution in [-0.2, 0) is 0 Å². The van der Waals surface area contributed by atoms with Gasteiger partial charge in [-0.25, -0.2) is 8.78 Å². The molecule has 6 heteroatoms. The molecule has 0 unspecified atom stereocenters. The van der Waals surface area contributed by atoms with E-state index in [0.29, 0.717) is 9.50 Å². The van der Waals surface area contributed by atoms with E-state index in [0.717, 1.165) is 6.07 Å². The van der Waals surface area contributed by atoms with Gasteiger partial charge in [-0.15, -0.1) is 0 Å². The number of rotatable bonds is 2. The standard InChI is InChI=1S/C14H9BrClF2NO/c1-7-2-5-11(17)13(12(7)18)19-14(20)8-3-4-9(15)10(16)6-8/h2-6H,1H3,(H,19,20). The molecule has 0 aliphatic carbocycles. The van der Waals surface area contributed by atoms with Crippen molar-refractivity contribution in [2.24, 2.45) is 0 Å². The smallest absolute Gasteiger partial charge is 0.255 e. The molecule has 0 heterocycles. The fourth-order valence-corrected chi connectivity index (χ4v) is 2.02. The number of carbonyl (C=O) groups excluding carboxylic acids is 1. The third-order valence-electron chi connectivity index (χ3n) is 2.70. The summed E-state index contributed by atoms with van der Waals surface area (Å²) in [6, 6.07) is 6.89. The first kappa shape index (κ1) is 14.9. The second kappa shape index (κ2) is 5.89. The Kier molecular flexibility index (Phi) is 4.40. The van der Waals surface area contributed by atoms with E-state index >= 15 is 0 Å². The Balaban J connectivity index is 2.32. The van der Waals surface area contributed by atoms with Gasteiger partial charge >= 0.3 is 0 Å². The molecule has 0 fully saturated rings. The summed E-state index contributed by atoms with van der Waals surface area (Å²) in [5.74, 6) is -2.26. The van der Waals surface area contributed by atoms with Crippen molar-refractivity contribution in [3.8, 4) is 0 Å². The highest BCUT2D eigenvalue weighted by molar-refractivity contribution is 9.10. The molecule has 0 aliphatic rings. The van der Waals surface area contributed by atoms with Gasteiger partial charge in [0.1, 0.15) is 11.5 Å². The average Bonchev–Trinajstić information content (AvgIpc) is 2.42. The second-order valence-electron chi connectivity index (χ2n) is 4.14. The maximum Gasteiger partial charge on any atom is 0.255 e. The van der Waals surface area contributed by atoms with E-state index in [4.69, 9.17) is 11.6 Å². The van der Waals surface area contributed by atoms with E-state index in [-0.39, 0.29) is 11.1 Å². The molecule has 0 saturated heterocycles. The van der Waals surface area contributed by atoms with Crippen molar-refractivity contribution in [1.29, 1.82) is 0 Å². The SMILES string of the molecule is Cc1ccc(F)c(NC(=O)c2ccc(Br)c(Cl)c2)c1F. The minimum absolute atomic E-state index is 0.207. The molecule has 0 radical (unpaired) electrons. The number of amides is 1. The molecule has 2 aromatic carbocycles. The van der Waals surface area contributed by atoms with Crippen LogP contribution in [0.1, 0.15) is 15.9 Å². The molecule has 2 nitrogen and oxygen atoms in total. The highest BCUT2D eigenvalue weighted by atomic mass is 79.9. The van der Waals surface area contributed by atoms with Crippen LogP contribution in [0.2, 0.25) is 5.02 Å². The predicted octanol–water partition coefficient (Wildman–Crippen LogP) is 4.94. The highest BCUT2D eigenvalue weighted by Gasteiger charge is 2.16. The molecule has 0 aliphatic heterocycles. The Hall–Kier alpha value is -1.46. The lowest BCUT2D eigenvalue weighted by Gasteiger charge is -2.09. The summed E-state index contributed by atoms with van der Waals surface area (Å²) >= 11 is 9.07. The quantitative estimate of drug-likeness (QED) is 0.807. The molecule has 0 aromatic heterocycles.